The fourth-order valence-corrected chi connectivity index (χ4v) is 3.99. The summed E-state index contributed by atoms with van der Waals surface area (Å²) in [5, 5.41) is 0. The fourth-order valence-electron chi connectivity index (χ4n) is 3.99. The third-order valence-electron chi connectivity index (χ3n) is 5.63. The number of ether oxygens (including phenoxy) is 3. The van der Waals surface area contributed by atoms with Crippen molar-refractivity contribution in [1.82, 2.24) is 4.90 Å². The zero-order chi connectivity index (χ0) is 20.8. The van der Waals surface area contributed by atoms with E-state index in [2.05, 4.69) is 11.0 Å². The maximum atomic E-state index is 12.9. The molecule has 2 aliphatic heterocycles. The fraction of sp³-hybridized carbons (Fsp3) is 0.458. The summed E-state index contributed by atoms with van der Waals surface area (Å²) in [4.78, 5) is 17.1. The lowest BCUT2D eigenvalue weighted by Gasteiger charge is -2.36. The molecule has 0 aliphatic carbocycles. The average Bonchev–Trinajstić information content (AvgIpc) is 3.32. The topological polar surface area (TPSA) is 51.2 Å². The summed E-state index contributed by atoms with van der Waals surface area (Å²) in [5.41, 5.74) is 1.79. The second-order valence-electron chi connectivity index (χ2n) is 7.65. The summed E-state index contributed by atoms with van der Waals surface area (Å²) >= 11 is 0. The van der Waals surface area contributed by atoms with Crippen molar-refractivity contribution in [2.75, 3.05) is 50.9 Å². The molecule has 2 aromatic rings. The van der Waals surface area contributed by atoms with Crippen molar-refractivity contribution in [1.29, 1.82) is 0 Å². The van der Waals surface area contributed by atoms with E-state index in [1.807, 2.05) is 54.3 Å². The Hall–Kier alpha value is -2.73. The van der Waals surface area contributed by atoms with Gasteiger partial charge in [-0.05, 0) is 56.2 Å². The number of carbonyl (C=O) groups excluding carboxylic acids is 1. The van der Waals surface area contributed by atoms with Gasteiger partial charge in [0.1, 0.15) is 18.1 Å². The van der Waals surface area contributed by atoms with Crippen LogP contribution in [-0.4, -0.2) is 62.9 Å². The molecule has 0 unspecified atom stereocenters. The standard InChI is InChI=1S/C24H30N2O4/c1-2-28-23-8-4-3-7-22(23)25-13-15-26(16-14-25)24(27)19-9-11-20(12-10-19)30-18-21-6-5-17-29-21/h3-4,7-12,21H,2,5-6,13-18H2,1H3/t21-/m1/s1. The minimum absolute atomic E-state index is 0.0680. The molecule has 2 aromatic carbocycles. The quantitative estimate of drug-likeness (QED) is 0.698. The predicted molar refractivity (Wildman–Crippen MR) is 117 cm³/mol. The largest absolute Gasteiger partial charge is 0.492 e. The lowest BCUT2D eigenvalue weighted by atomic mass is 10.1. The average molecular weight is 411 g/mol. The summed E-state index contributed by atoms with van der Waals surface area (Å²) < 4.78 is 17.1. The van der Waals surface area contributed by atoms with Gasteiger partial charge in [-0.3, -0.25) is 4.79 Å². The van der Waals surface area contributed by atoms with Crippen LogP contribution in [0.1, 0.15) is 30.1 Å². The Morgan fingerprint density at radius 2 is 1.80 bits per heavy atom. The van der Waals surface area contributed by atoms with Gasteiger partial charge >= 0.3 is 0 Å². The SMILES string of the molecule is CCOc1ccccc1N1CCN(C(=O)c2ccc(OC[C@H]3CCCO3)cc2)CC1. The van der Waals surface area contributed by atoms with E-state index in [1.165, 1.54) is 0 Å². The van der Waals surface area contributed by atoms with Gasteiger partial charge in [0.15, 0.2) is 0 Å². The van der Waals surface area contributed by atoms with Crippen LogP contribution in [0.2, 0.25) is 0 Å². The van der Waals surface area contributed by atoms with E-state index in [1.54, 1.807) is 0 Å². The summed E-state index contributed by atoms with van der Waals surface area (Å²) in [5.74, 6) is 1.75. The number of benzene rings is 2. The number of piperazine rings is 1. The number of amides is 1. The molecule has 0 N–H and O–H groups in total. The summed E-state index contributed by atoms with van der Waals surface area (Å²) in [6, 6.07) is 15.5. The van der Waals surface area contributed by atoms with Crippen LogP contribution >= 0.6 is 0 Å². The highest BCUT2D eigenvalue weighted by Crippen LogP contribution is 2.29. The van der Waals surface area contributed by atoms with Crippen molar-refractivity contribution in [3.63, 3.8) is 0 Å². The number of nitrogens with zero attached hydrogens (tertiary/aromatic N) is 2. The smallest absolute Gasteiger partial charge is 0.253 e. The molecule has 160 valence electrons. The lowest BCUT2D eigenvalue weighted by molar-refractivity contribution is 0.0678. The van der Waals surface area contributed by atoms with Gasteiger partial charge in [-0.15, -0.1) is 0 Å². The van der Waals surface area contributed by atoms with Crippen molar-refractivity contribution >= 4 is 11.6 Å². The lowest BCUT2D eigenvalue weighted by Crippen LogP contribution is -2.48. The summed E-state index contributed by atoms with van der Waals surface area (Å²) in [6.45, 7) is 6.99. The van der Waals surface area contributed by atoms with Crippen molar-refractivity contribution < 1.29 is 19.0 Å². The Morgan fingerprint density at radius 3 is 2.50 bits per heavy atom. The Labute approximate surface area is 178 Å². The van der Waals surface area contributed by atoms with Crippen LogP contribution in [-0.2, 0) is 4.74 Å². The molecular formula is C24H30N2O4. The molecule has 2 heterocycles. The van der Waals surface area contributed by atoms with Gasteiger partial charge in [0.25, 0.3) is 5.91 Å². The second kappa shape index (κ2) is 9.85. The van der Waals surface area contributed by atoms with Crippen LogP contribution in [0.15, 0.2) is 48.5 Å². The van der Waals surface area contributed by atoms with E-state index in [0.717, 1.165) is 49.7 Å². The summed E-state index contributed by atoms with van der Waals surface area (Å²) in [6.07, 6.45) is 2.35. The zero-order valence-corrected chi connectivity index (χ0v) is 17.6. The molecule has 6 nitrogen and oxygen atoms in total. The van der Waals surface area contributed by atoms with E-state index >= 15 is 0 Å². The Morgan fingerprint density at radius 1 is 1.03 bits per heavy atom. The highest BCUT2D eigenvalue weighted by Gasteiger charge is 2.24. The van der Waals surface area contributed by atoms with E-state index in [9.17, 15) is 4.79 Å². The number of anilines is 1. The van der Waals surface area contributed by atoms with Gasteiger partial charge in [-0.25, -0.2) is 0 Å². The summed E-state index contributed by atoms with van der Waals surface area (Å²) in [7, 11) is 0. The van der Waals surface area contributed by atoms with Gasteiger partial charge in [0, 0.05) is 38.3 Å². The monoisotopic (exact) mass is 410 g/mol. The first-order chi connectivity index (χ1) is 14.7. The molecule has 0 spiro atoms. The predicted octanol–water partition coefficient (Wildman–Crippen LogP) is 3.61. The number of hydrogen-bond donors (Lipinski definition) is 0. The molecule has 2 fully saturated rings. The maximum Gasteiger partial charge on any atom is 0.253 e. The zero-order valence-electron chi connectivity index (χ0n) is 17.6. The van der Waals surface area contributed by atoms with Gasteiger partial charge < -0.3 is 24.0 Å². The van der Waals surface area contributed by atoms with Gasteiger partial charge in [-0.2, -0.15) is 0 Å². The molecule has 30 heavy (non-hydrogen) atoms. The highest BCUT2D eigenvalue weighted by molar-refractivity contribution is 5.94. The highest BCUT2D eigenvalue weighted by atomic mass is 16.5. The molecule has 0 radical (unpaired) electrons. The molecule has 4 rings (SSSR count). The normalized spacial score (nSPS) is 19.0. The van der Waals surface area contributed by atoms with E-state index in [0.29, 0.717) is 31.9 Å². The molecule has 0 aromatic heterocycles. The maximum absolute atomic E-state index is 12.9. The number of hydrogen-bond acceptors (Lipinski definition) is 5. The molecule has 0 bridgehead atoms. The van der Waals surface area contributed by atoms with Crippen molar-refractivity contribution in [3.8, 4) is 11.5 Å². The van der Waals surface area contributed by atoms with Gasteiger partial charge in [-0.1, -0.05) is 12.1 Å². The van der Waals surface area contributed by atoms with Crippen molar-refractivity contribution in [3.05, 3.63) is 54.1 Å². The molecule has 2 saturated heterocycles. The Kier molecular flexibility index (Phi) is 6.74. The molecule has 6 heteroatoms. The first kappa shape index (κ1) is 20.5. The minimum atomic E-state index is 0.0680. The van der Waals surface area contributed by atoms with Crippen LogP contribution in [0, 0.1) is 0 Å². The van der Waals surface area contributed by atoms with E-state index in [-0.39, 0.29) is 12.0 Å². The third kappa shape index (κ3) is 4.87. The van der Waals surface area contributed by atoms with Gasteiger partial charge in [0.2, 0.25) is 0 Å². The van der Waals surface area contributed by atoms with Crippen molar-refractivity contribution in [2.45, 2.75) is 25.9 Å². The van der Waals surface area contributed by atoms with Crippen LogP contribution in [0.25, 0.3) is 0 Å². The Balaban J connectivity index is 1.31. The molecule has 2 aliphatic rings. The minimum Gasteiger partial charge on any atom is -0.492 e. The van der Waals surface area contributed by atoms with Crippen LogP contribution < -0.4 is 14.4 Å². The van der Waals surface area contributed by atoms with Crippen molar-refractivity contribution in [2.24, 2.45) is 0 Å². The van der Waals surface area contributed by atoms with Crippen LogP contribution in [0.4, 0.5) is 5.69 Å². The first-order valence-corrected chi connectivity index (χ1v) is 10.8. The van der Waals surface area contributed by atoms with Crippen LogP contribution in [0.3, 0.4) is 0 Å². The van der Waals surface area contributed by atoms with E-state index < -0.39 is 0 Å². The third-order valence-corrected chi connectivity index (χ3v) is 5.63. The molecule has 1 amide bonds. The first-order valence-electron chi connectivity index (χ1n) is 10.8. The Bertz CT molecular complexity index is 825. The number of para-hydroxylation sites is 2. The van der Waals surface area contributed by atoms with E-state index in [4.69, 9.17) is 14.2 Å². The molecule has 0 saturated carbocycles. The number of rotatable bonds is 7. The van der Waals surface area contributed by atoms with Gasteiger partial charge in [0.05, 0.1) is 18.4 Å². The number of carbonyl (C=O) groups is 1. The van der Waals surface area contributed by atoms with Crippen LogP contribution in [0.5, 0.6) is 11.5 Å². The molecular weight excluding hydrogens is 380 g/mol. The second-order valence-corrected chi connectivity index (χ2v) is 7.65. The molecule has 1 atom stereocenters.